The van der Waals surface area contributed by atoms with Crippen LogP contribution in [0.3, 0.4) is 0 Å². The fraction of sp³-hybridized carbons (Fsp3) is 0.200. The molecule has 5 nitrogen and oxygen atoms in total. The highest BCUT2D eigenvalue weighted by Gasteiger charge is 2.13. The Morgan fingerprint density at radius 1 is 1.14 bits per heavy atom. The van der Waals surface area contributed by atoms with Crippen LogP contribution in [0.2, 0.25) is 0 Å². The Balaban J connectivity index is 1.57. The van der Waals surface area contributed by atoms with Gasteiger partial charge in [-0.05, 0) is 30.3 Å². The number of allylic oxidation sites excluding steroid dienone is 1. The topological polar surface area (TPSA) is 49.2 Å². The van der Waals surface area contributed by atoms with Gasteiger partial charge in [-0.15, -0.1) is 16.8 Å². The van der Waals surface area contributed by atoms with Crippen molar-refractivity contribution in [2.45, 2.75) is 18.3 Å². The van der Waals surface area contributed by atoms with Gasteiger partial charge in [0.15, 0.2) is 22.5 Å². The maximum Gasteiger partial charge on any atom is 0.191 e. The number of benzene rings is 2. The van der Waals surface area contributed by atoms with Crippen molar-refractivity contribution in [3.63, 3.8) is 0 Å². The Morgan fingerprint density at radius 2 is 2.00 bits per heavy atom. The summed E-state index contributed by atoms with van der Waals surface area (Å²) in [6.07, 6.45) is 1.76. The molecule has 0 fully saturated rings. The Bertz CT molecular complexity index is 935. The van der Waals surface area contributed by atoms with E-state index in [9.17, 15) is 4.39 Å². The van der Waals surface area contributed by atoms with Gasteiger partial charge in [0, 0.05) is 16.8 Å². The smallest absolute Gasteiger partial charge is 0.191 e. The van der Waals surface area contributed by atoms with Gasteiger partial charge in [0.25, 0.3) is 0 Å². The molecule has 0 N–H and O–H groups in total. The molecule has 0 bridgehead atoms. The molecule has 8 heteroatoms. The van der Waals surface area contributed by atoms with E-state index in [1.165, 1.54) is 17.8 Å². The van der Waals surface area contributed by atoms with Crippen molar-refractivity contribution in [3.8, 4) is 11.5 Å². The van der Waals surface area contributed by atoms with Crippen molar-refractivity contribution in [1.82, 2.24) is 14.8 Å². The average molecular weight is 464 g/mol. The number of thioether (sulfide) groups is 1. The number of ether oxygens (including phenoxy) is 2. The van der Waals surface area contributed by atoms with Crippen LogP contribution in [-0.4, -0.2) is 27.1 Å². The number of para-hydroxylation sites is 1. The van der Waals surface area contributed by atoms with Gasteiger partial charge < -0.3 is 9.47 Å². The van der Waals surface area contributed by atoms with Crippen LogP contribution in [0.15, 0.2) is 70.8 Å². The molecular weight excluding hydrogens is 445 g/mol. The van der Waals surface area contributed by atoms with Gasteiger partial charge in [-0.25, -0.2) is 4.39 Å². The molecule has 1 aromatic heterocycles. The highest BCUT2D eigenvalue weighted by atomic mass is 79.9. The maximum absolute atomic E-state index is 13.7. The summed E-state index contributed by atoms with van der Waals surface area (Å²) in [4.78, 5) is 0. The fourth-order valence-corrected chi connectivity index (χ4v) is 3.56. The Morgan fingerprint density at radius 3 is 2.79 bits per heavy atom. The van der Waals surface area contributed by atoms with Crippen LogP contribution >= 0.6 is 27.7 Å². The molecule has 0 aliphatic heterocycles. The molecule has 0 radical (unpaired) electrons. The van der Waals surface area contributed by atoms with E-state index in [0.717, 1.165) is 15.4 Å². The summed E-state index contributed by atoms with van der Waals surface area (Å²) in [5.41, 5.74) is 0. The zero-order chi connectivity index (χ0) is 19.8. The van der Waals surface area contributed by atoms with Gasteiger partial charge in [-0.1, -0.05) is 52.0 Å². The van der Waals surface area contributed by atoms with Gasteiger partial charge in [0.1, 0.15) is 12.4 Å². The van der Waals surface area contributed by atoms with Crippen LogP contribution in [0.25, 0.3) is 0 Å². The van der Waals surface area contributed by atoms with Crippen molar-refractivity contribution < 1.29 is 13.9 Å². The standard InChI is InChI=1S/C20H19BrFN3O2S/c1-2-10-25-19(14-27-18-9-4-3-8-17(18)22)23-24-20(25)28-12-11-26-16-7-5-6-15(21)13-16/h2-9,13H,1,10-12,14H2. The van der Waals surface area contributed by atoms with E-state index in [1.54, 1.807) is 24.3 Å². The molecule has 0 unspecified atom stereocenters. The van der Waals surface area contributed by atoms with Crippen molar-refractivity contribution in [2.75, 3.05) is 12.4 Å². The number of hydrogen-bond acceptors (Lipinski definition) is 5. The lowest BCUT2D eigenvalue weighted by Gasteiger charge is -2.10. The summed E-state index contributed by atoms with van der Waals surface area (Å²) in [6, 6.07) is 14.0. The highest BCUT2D eigenvalue weighted by Crippen LogP contribution is 2.21. The molecule has 0 saturated heterocycles. The van der Waals surface area contributed by atoms with Crippen LogP contribution in [0.4, 0.5) is 4.39 Å². The summed E-state index contributed by atoms with van der Waals surface area (Å²) < 4.78 is 27.9. The minimum absolute atomic E-state index is 0.122. The summed E-state index contributed by atoms with van der Waals surface area (Å²) in [6.45, 7) is 4.97. The van der Waals surface area contributed by atoms with Gasteiger partial charge in [-0.2, -0.15) is 0 Å². The zero-order valence-electron chi connectivity index (χ0n) is 15.1. The van der Waals surface area contributed by atoms with Crippen LogP contribution in [0.5, 0.6) is 11.5 Å². The number of rotatable bonds is 10. The van der Waals surface area contributed by atoms with E-state index in [2.05, 4.69) is 32.7 Å². The van der Waals surface area contributed by atoms with Crippen molar-refractivity contribution in [2.24, 2.45) is 0 Å². The number of aromatic nitrogens is 3. The predicted octanol–water partition coefficient (Wildman–Crippen LogP) is 5.12. The molecule has 146 valence electrons. The third-order valence-electron chi connectivity index (χ3n) is 3.68. The van der Waals surface area contributed by atoms with Crippen LogP contribution in [0, 0.1) is 5.82 Å². The van der Waals surface area contributed by atoms with E-state index in [-0.39, 0.29) is 12.4 Å². The quantitative estimate of drug-likeness (QED) is 0.237. The second-order valence-electron chi connectivity index (χ2n) is 5.67. The molecule has 1 heterocycles. The minimum Gasteiger partial charge on any atom is -0.493 e. The molecule has 2 aromatic carbocycles. The summed E-state index contributed by atoms with van der Waals surface area (Å²) in [7, 11) is 0. The molecule has 3 rings (SSSR count). The summed E-state index contributed by atoms with van der Waals surface area (Å²) in [5.74, 6) is 1.90. The van der Waals surface area contributed by atoms with Crippen LogP contribution in [-0.2, 0) is 13.2 Å². The number of nitrogens with zero attached hydrogens (tertiary/aromatic N) is 3. The average Bonchev–Trinajstić information content (AvgIpc) is 3.07. The molecule has 0 aliphatic rings. The van der Waals surface area contributed by atoms with E-state index < -0.39 is 5.82 Å². The Kier molecular flexibility index (Phi) is 7.50. The third kappa shape index (κ3) is 5.59. The monoisotopic (exact) mass is 463 g/mol. The first-order valence-corrected chi connectivity index (χ1v) is 10.4. The SMILES string of the molecule is C=CCn1c(COc2ccccc2F)nnc1SCCOc1cccc(Br)c1. The number of halogens is 2. The molecule has 0 saturated carbocycles. The Hall–Kier alpha value is -2.32. The van der Waals surface area contributed by atoms with Crippen LogP contribution in [0.1, 0.15) is 5.82 Å². The van der Waals surface area contributed by atoms with Crippen LogP contribution < -0.4 is 9.47 Å². The predicted molar refractivity (Wildman–Crippen MR) is 111 cm³/mol. The van der Waals surface area contributed by atoms with E-state index in [4.69, 9.17) is 9.47 Å². The maximum atomic E-state index is 13.7. The molecule has 0 spiro atoms. The first-order valence-electron chi connectivity index (χ1n) is 8.59. The highest BCUT2D eigenvalue weighted by molar-refractivity contribution is 9.10. The van der Waals surface area contributed by atoms with Crippen molar-refractivity contribution >= 4 is 27.7 Å². The minimum atomic E-state index is -0.406. The lowest BCUT2D eigenvalue weighted by molar-refractivity contribution is 0.275. The van der Waals surface area contributed by atoms with Gasteiger partial charge in [-0.3, -0.25) is 4.57 Å². The van der Waals surface area contributed by atoms with E-state index in [0.29, 0.717) is 24.7 Å². The Labute approximate surface area is 175 Å². The fourth-order valence-electron chi connectivity index (χ4n) is 2.40. The molecular formula is C20H19BrFN3O2S. The van der Waals surface area contributed by atoms with Crippen molar-refractivity contribution in [3.05, 3.63) is 77.3 Å². The second kappa shape index (κ2) is 10.3. The first kappa shape index (κ1) is 20.4. The molecule has 0 amide bonds. The lowest BCUT2D eigenvalue weighted by atomic mass is 10.3. The van der Waals surface area contributed by atoms with E-state index in [1.807, 2.05) is 28.8 Å². The van der Waals surface area contributed by atoms with E-state index >= 15 is 0 Å². The summed E-state index contributed by atoms with van der Waals surface area (Å²) in [5, 5.41) is 9.14. The first-order chi connectivity index (χ1) is 13.7. The zero-order valence-corrected chi connectivity index (χ0v) is 17.5. The summed E-state index contributed by atoms with van der Waals surface area (Å²) >= 11 is 4.95. The molecule has 28 heavy (non-hydrogen) atoms. The lowest BCUT2D eigenvalue weighted by Crippen LogP contribution is -2.08. The molecule has 0 atom stereocenters. The molecule has 3 aromatic rings. The normalized spacial score (nSPS) is 10.6. The van der Waals surface area contributed by atoms with Gasteiger partial charge in [0.05, 0.1) is 6.61 Å². The van der Waals surface area contributed by atoms with Gasteiger partial charge in [0.2, 0.25) is 0 Å². The number of hydrogen-bond donors (Lipinski definition) is 0. The second-order valence-corrected chi connectivity index (χ2v) is 7.65. The largest absolute Gasteiger partial charge is 0.493 e. The molecule has 0 aliphatic carbocycles. The third-order valence-corrected chi connectivity index (χ3v) is 5.10. The van der Waals surface area contributed by atoms with Crippen molar-refractivity contribution in [1.29, 1.82) is 0 Å². The van der Waals surface area contributed by atoms with Gasteiger partial charge >= 0.3 is 0 Å².